The lowest BCUT2D eigenvalue weighted by Crippen LogP contribution is -2.12. The molecular weight excluding hydrogens is 253 g/mol. The van der Waals surface area contributed by atoms with Crippen LogP contribution in [0.2, 0.25) is 0 Å². The molecular formula is C17H20FNO. The predicted octanol–water partition coefficient (Wildman–Crippen LogP) is 3.78. The Morgan fingerprint density at radius 3 is 2.65 bits per heavy atom. The molecule has 106 valence electrons. The van der Waals surface area contributed by atoms with Crippen LogP contribution in [0.4, 0.5) is 4.39 Å². The van der Waals surface area contributed by atoms with Crippen molar-refractivity contribution in [2.75, 3.05) is 7.11 Å². The van der Waals surface area contributed by atoms with Gasteiger partial charge in [-0.3, -0.25) is 0 Å². The predicted molar refractivity (Wildman–Crippen MR) is 79.4 cm³/mol. The monoisotopic (exact) mass is 273 g/mol. The van der Waals surface area contributed by atoms with Crippen LogP contribution in [-0.4, -0.2) is 7.11 Å². The van der Waals surface area contributed by atoms with Crippen LogP contribution in [0.1, 0.15) is 29.2 Å². The number of methoxy groups -OCH3 is 1. The summed E-state index contributed by atoms with van der Waals surface area (Å²) in [5.74, 6) is 0.695. The van der Waals surface area contributed by atoms with E-state index < -0.39 is 0 Å². The summed E-state index contributed by atoms with van der Waals surface area (Å²) in [5, 5.41) is 0. The van der Waals surface area contributed by atoms with Gasteiger partial charge in [0, 0.05) is 6.04 Å². The van der Waals surface area contributed by atoms with Crippen LogP contribution >= 0.6 is 0 Å². The van der Waals surface area contributed by atoms with Gasteiger partial charge in [-0.2, -0.15) is 0 Å². The van der Waals surface area contributed by atoms with E-state index in [2.05, 4.69) is 0 Å². The lowest BCUT2D eigenvalue weighted by molar-refractivity contribution is 0.408. The summed E-state index contributed by atoms with van der Waals surface area (Å²) in [7, 11) is 1.67. The van der Waals surface area contributed by atoms with Crippen molar-refractivity contribution in [3.8, 4) is 5.75 Å². The fraction of sp³-hybridized carbons (Fsp3) is 0.294. The maximum atomic E-state index is 13.3. The van der Waals surface area contributed by atoms with Crippen LogP contribution in [0.15, 0.2) is 42.5 Å². The van der Waals surface area contributed by atoms with Crippen LogP contribution in [0.25, 0.3) is 0 Å². The molecule has 0 spiro atoms. The summed E-state index contributed by atoms with van der Waals surface area (Å²) >= 11 is 0. The van der Waals surface area contributed by atoms with Crippen molar-refractivity contribution in [2.24, 2.45) is 5.73 Å². The van der Waals surface area contributed by atoms with Gasteiger partial charge in [-0.15, -0.1) is 0 Å². The minimum absolute atomic E-state index is 0.0980. The molecule has 2 aromatic carbocycles. The van der Waals surface area contributed by atoms with Crippen molar-refractivity contribution >= 4 is 0 Å². The highest BCUT2D eigenvalue weighted by Gasteiger charge is 2.10. The number of benzene rings is 2. The summed E-state index contributed by atoms with van der Waals surface area (Å²) < 4.78 is 18.6. The Bertz CT molecular complexity index is 583. The second kappa shape index (κ2) is 6.53. The average Bonchev–Trinajstić information content (AvgIpc) is 2.47. The smallest absolute Gasteiger partial charge is 0.126 e. The molecule has 0 aliphatic carbocycles. The first-order valence-corrected chi connectivity index (χ1v) is 6.75. The quantitative estimate of drug-likeness (QED) is 0.900. The molecule has 2 N–H and O–H groups in total. The van der Waals surface area contributed by atoms with Crippen molar-refractivity contribution in [2.45, 2.75) is 25.8 Å². The Labute approximate surface area is 119 Å². The SMILES string of the molecule is COc1ccccc1CCC(N)c1ccc(F)c(C)c1. The number of ether oxygens (including phenoxy) is 1. The third kappa shape index (κ3) is 3.36. The number of rotatable bonds is 5. The van der Waals surface area contributed by atoms with E-state index in [4.69, 9.17) is 10.5 Å². The van der Waals surface area contributed by atoms with E-state index in [9.17, 15) is 4.39 Å². The molecule has 1 atom stereocenters. The third-order valence-electron chi connectivity index (χ3n) is 3.53. The van der Waals surface area contributed by atoms with Crippen molar-refractivity contribution in [3.63, 3.8) is 0 Å². The topological polar surface area (TPSA) is 35.2 Å². The third-order valence-corrected chi connectivity index (χ3v) is 3.53. The fourth-order valence-corrected chi connectivity index (χ4v) is 2.29. The van der Waals surface area contributed by atoms with Gasteiger partial charge in [-0.05, 0) is 48.6 Å². The minimum Gasteiger partial charge on any atom is -0.496 e. The number of aryl methyl sites for hydroxylation is 2. The first-order valence-electron chi connectivity index (χ1n) is 6.75. The molecule has 0 amide bonds. The molecule has 0 fully saturated rings. The molecule has 0 aliphatic rings. The second-order valence-corrected chi connectivity index (χ2v) is 4.97. The molecule has 0 heterocycles. The van der Waals surface area contributed by atoms with E-state index in [0.717, 1.165) is 29.7 Å². The number of halogens is 1. The first kappa shape index (κ1) is 14.5. The summed E-state index contributed by atoms with van der Waals surface area (Å²) in [4.78, 5) is 0. The largest absolute Gasteiger partial charge is 0.496 e. The molecule has 2 aromatic rings. The zero-order chi connectivity index (χ0) is 14.5. The standard InChI is InChI=1S/C17H20FNO/c1-12-11-14(7-9-15(12)18)16(19)10-8-13-5-3-4-6-17(13)20-2/h3-7,9,11,16H,8,10,19H2,1-2H3. The molecule has 0 aliphatic heterocycles. The zero-order valence-electron chi connectivity index (χ0n) is 11.9. The van der Waals surface area contributed by atoms with Crippen LogP contribution in [-0.2, 0) is 6.42 Å². The van der Waals surface area contributed by atoms with Crippen LogP contribution in [0.3, 0.4) is 0 Å². The first-order chi connectivity index (χ1) is 9.61. The molecule has 0 aromatic heterocycles. The van der Waals surface area contributed by atoms with Crippen molar-refractivity contribution in [3.05, 3.63) is 65.0 Å². The van der Waals surface area contributed by atoms with Gasteiger partial charge in [-0.1, -0.05) is 30.3 Å². The van der Waals surface area contributed by atoms with Gasteiger partial charge in [0.1, 0.15) is 11.6 Å². The van der Waals surface area contributed by atoms with Crippen molar-refractivity contribution in [1.82, 2.24) is 0 Å². The van der Waals surface area contributed by atoms with Gasteiger partial charge in [0.15, 0.2) is 0 Å². The van der Waals surface area contributed by atoms with E-state index in [1.165, 1.54) is 6.07 Å². The Morgan fingerprint density at radius 2 is 1.95 bits per heavy atom. The van der Waals surface area contributed by atoms with E-state index in [1.54, 1.807) is 20.1 Å². The molecule has 2 rings (SSSR count). The maximum Gasteiger partial charge on any atom is 0.126 e. The summed E-state index contributed by atoms with van der Waals surface area (Å²) in [6.45, 7) is 1.76. The van der Waals surface area contributed by atoms with Crippen LogP contribution < -0.4 is 10.5 Å². The van der Waals surface area contributed by atoms with Gasteiger partial charge < -0.3 is 10.5 Å². The maximum absolute atomic E-state index is 13.3. The number of nitrogens with two attached hydrogens (primary N) is 1. The lowest BCUT2D eigenvalue weighted by Gasteiger charge is -2.14. The molecule has 0 saturated carbocycles. The molecule has 0 radical (unpaired) electrons. The Hall–Kier alpha value is -1.87. The van der Waals surface area contributed by atoms with Crippen molar-refractivity contribution in [1.29, 1.82) is 0 Å². The Balaban J connectivity index is 2.04. The minimum atomic E-state index is -0.189. The van der Waals surface area contributed by atoms with Crippen LogP contribution in [0, 0.1) is 12.7 Å². The molecule has 2 nitrogen and oxygen atoms in total. The molecule has 0 saturated heterocycles. The van der Waals surface area contributed by atoms with Crippen molar-refractivity contribution < 1.29 is 9.13 Å². The summed E-state index contributed by atoms with van der Waals surface area (Å²) in [5.41, 5.74) is 8.94. The fourth-order valence-electron chi connectivity index (χ4n) is 2.29. The summed E-state index contributed by atoms with van der Waals surface area (Å²) in [6.07, 6.45) is 1.63. The highest BCUT2D eigenvalue weighted by Crippen LogP contribution is 2.23. The van der Waals surface area contributed by atoms with E-state index in [1.807, 2.05) is 30.3 Å². The van der Waals surface area contributed by atoms with E-state index in [0.29, 0.717) is 5.56 Å². The second-order valence-electron chi connectivity index (χ2n) is 4.97. The highest BCUT2D eigenvalue weighted by atomic mass is 19.1. The van der Waals surface area contributed by atoms with Gasteiger partial charge in [0.2, 0.25) is 0 Å². The highest BCUT2D eigenvalue weighted by molar-refractivity contribution is 5.34. The molecule has 0 bridgehead atoms. The van der Waals surface area contributed by atoms with Crippen LogP contribution in [0.5, 0.6) is 5.75 Å². The van der Waals surface area contributed by atoms with Gasteiger partial charge >= 0.3 is 0 Å². The van der Waals surface area contributed by atoms with E-state index in [-0.39, 0.29) is 11.9 Å². The molecule has 3 heteroatoms. The number of hydrogen-bond donors (Lipinski definition) is 1. The Kier molecular flexibility index (Phi) is 4.74. The number of para-hydroxylation sites is 1. The Morgan fingerprint density at radius 1 is 1.20 bits per heavy atom. The zero-order valence-corrected chi connectivity index (χ0v) is 11.9. The van der Waals surface area contributed by atoms with Gasteiger partial charge in [0.05, 0.1) is 7.11 Å². The van der Waals surface area contributed by atoms with E-state index >= 15 is 0 Å². The number of hydrogen-bond acceptors (Lipinski definition) is 2. The van der Waals surface area contributed by atoms with Gasteiger partial charge in [0.25, 0.3) is 0 Å². The van der Waals surface area contributed by atoms with Gasteiger partial charge in [-0.25, -0.2) is 4.39 Å². The lowest BCUT2D eigenvalue weighted by atomic mass is 9.98. The summed E-state index contributed by atoms with van der Waals surface area (Å²) in [6, 6.07) is 12.9. The molecule has 20 heavy (non-hydrogen) atoms. The normalized spacial score (nSPS) is 12.2. The molecule has 1 unspecified atom stereocenters. The average molecular weight is 273 g/mol.